The Morgan fingerprint density at radius 2 is 1.89 bits per heavy atom. The number of carbonyl (C=O) groups is 1. The van der Waals surface area contributed by atoms with Gasteiger partial charge in [-0.05, 0) is 25.5 Å². The van der Waals surface area contributed by atoms with E-state index in [1.165, 1.54) is 5.56 Å². The number of carbonyl (C=O) groups excluding carboxylic acids is 1. The summed E-state index contributed by atoms with van der Waals surface area (Å²) in [6, 6.07) is 9.66. The third kappa shape index (κ3) is 3.13. The molecule has 92 valence electrons. The van der Waals surface area contributed by atoms with Gasteiger partial charge in [-0.25, -0.2) is 9.97 Å². The lowest BCUT2D eigenvalue weighted by Gasteiger charge is -2.05. The average molecular weight is 241 g/mol. The fraction of sp³-hybridized carbons (Fsp3) is 0.214. The van der Waals surface area contributed by atoms with E-state index in [4.69, 9.17) is 0 Å². The van der Waals surface area contributed by atoms with Gasteiger partial charge in [-0.2, -0.15) is 0 Å². The van der Waals surface area contributed by atoms with Gasteiger partial charge < -0.3 is 5.32 Å². The van der Waals surface area contributed by atoms with E-state index in [0.29, 0.717) is 18.1 Å². The molecule has 0 spiro atoms. The molecule has 0 saturated heterocycles. The molecule has 0 radical (unpaired) electrons. The molecule has 2 rings (SSSR count). The van der Waals surface area contributed by atoms with Gasteiger partial charge in [0.1, 0.15) is 11.5 Å². The van der Waals surface area contributed by atoms with E-state index >= 15 is 0 Å². The molecule has 1 aromatic carbocycles. The van der Waals surface area contributed by atoms with Crippen LogP contribution in [0.15, 0.2) is 36.5 Å². The molecule has 0 unspecified atom stereocenters. The number of aromatic nitrogens is 2. The van der Waals surface area contributed by atoms with E-state index in [1.807, 2.05) is 31.2 Å². The van der Waals surface area contributed by atoms with Crippen LogP contribution in [0.25, 0.3) is 0 Å². The van der Waals surface area contributed by atoms with Crippen LogP contribution in [0.4, 0.5) is 0 Å². The van der Waals surface area contributed by atoms with E-state index < -0.39 is 0 Å². The molecule has 1 aromatic heterocycles. The van der Waals surface area contributed by atoms with Gasteiger partial charge in [0.2, 0.25) is 0 Å². The molecule has 0 fully saturated rings. The third-order valence-corrected chi connectivity index (χ3v) is 2.58. The van der Waals surface area contributed by atoms with Gasteiger partial charge in [0.15, 0.2) is 0 Å². The fourth-order valence-electron chi connectivity index (χ4n) is 1.56. The van der Waals surface area contributed by atoms with Crippen molar-refractivity contribution in [1.29, 1.82) is 0 Å². The number of hydrogen-bond acceptors (Lipinski definition) is 3. The Kier molecular flexibility index (Phi) is 3.67. The molecular formula is C14H15N3O. The van der Waals surface area contributed by atoms with Crippen molar-refractivity contribution < 1.29 is 4.79 Å². The summed E-state index contributed by atoms with van der Waals surface area (Å²) >= 11 is 0. The lowest BCUT2D eigenvalue weighted by atomic mass is 10.1. The monoisotopic (exact) mass is 241 g/mol. The zero-order valence-corrected chi connectivity index (χ0v) is 10.5. The molecule has 0 aliphatic rings. The number of amides is 1. The van der Waals surface area contributed by atoms with Gasteiger partial charge in [-0.3, -0.25) is 4.79 Å². The second-order valence-corrected chi connectivity index (χ2v) is 4.16. The highest BCUT2D eigenvalue weighted by molar-refractivity contribution is 5.92. The number of benzene rings is 1. The number of nitrogens with zero attached hydrogens (tertiary/aromatic N) is 2. The zero-order chi connectivity index (χ0) is 13.0. The van der Waals surface area contributed by atoms with Gasteiger partial charge in [0.25, 0.3) is 5.91 Å². The van der Waals surface area contributed by atoms with Crippen LogP contribution in [0.5, 0.6) is 0 Å². The van der Waals surface area contributed by atoms with E-state index in [9.17, 15) is 4.79 Å². The van der Waals surface area contributed by atoms with Crippen molar-refractivity contribution in [2.24, 2.45) is 0 Å². The highest BCUT2D eigenvalue weighted by Crippen LogP contribution is 2.03. The molecule has 0 atom stereocenters. The first kappa shape index (κ1) is 12.2. The summed E-state index contributed by atoms with van der Waals surface area (Å²) in [7, 11) is 0. The lowest BCUT2D eigenvalue weighted by molar-refractivity contribution is 0.0945. The minimum Gasteiger partial charge on any atom is -0.347 e. The molecular weight excluding hydrogens is 226 g/mol. The predicted octanol–water partition coefficient (Wildman–Crippen LogP) is 2.02. The van der Waals surface area contributed by atoms with Crippen molar-refractivity contribution in [2.75, 3.05) is 0 Å². The van der Waals surface area contributed by atoms with Crippen LogP contribution in [-0.2, 0) is 6.54 Å². The summed E-state index contributed by atoms with van der Waals surface area (Å²) in [5, 5.41) is 2.83. The Morgan fingerprint density at radius 3 is 2.56 bits per heavy atom. The second-order valence-electron chi connectivity index (χ2n) is 4.16. The Bertz CT molecular complexity index is 549. The number of aryl methyl sites for hydroxylation is 2. The van der Waals surface area contributed by atoms with Crippen molar-refractivity contribution in [3.8, 4) is 0 Å². The molecule has 1 amide bonds. The lowest BCUT2D eigenvalue weighted by Crippen LogP contribution is -2.24. The van der Waals surface area contributed by atoms with Gasteiger partial charge in [-0.1, -0.05) is 29.8 Å². The van der Waals surface area contributed by atoms with Gasteiger partial charge >= 0.3 is 0 Å². The first-order valence-corrected chi connectivity index (χ1v) is 5.78. The van der Waals surface area contributed by atoms with Crippen LogP contribution >= 0.6 is 0 Å². The molecule has 0 bridgehead atoms. The quantitative estimate of drug-likeness (QED) is 0.894. The standard InChI is InChI=1S/C14H15N3O/c1-10-3-5-12(6-4-10)9-16-14(18)13-7-8-15-11(2)17-13/h3-8H,9H2,1-2H3,(H,16,18). The Balaban J connectivity index is 1.98. The van der Waals surface area contributed by atoms with Crippen LogP contribution in [0.1, 0.15) is 27.4 Å². The molecule has 18 heavy (non-hydrogen) atoms. The molecule has 2 aromatic rings. The Labute approximate surface area is 106 Å². The minimum absolute atomic E-state index is 0.180. The van der Waals surface area contributed by atoms with Crippen molar-refractivity contribution in [3.63, 3.8) is 0 Å². The Hall–Kier alpha value is -2.23. The largest absolute Gasteiger partial charge is 0.347 e. The van der Waals surface area contributed by atoms with E-state index in [2.05, 4.69) is 15.3 Å². The normalized spacial score (nSPS) is 10.1. The first-order chi connectivity index (χ1) is 8.65. The average Bonchev–Trinajstić information content (AvgIpc) is 2.38. The van der Waals surface area contributed by atoms with E-state index in [0.717, 1.165) is 5.56 Å². The molecule has 0 aliphatic carbocycles. The van der Waals surface area contributed by atoms with Gasteiger partial charge in [0.05, 0.1) is 0 Å². The maximum absolute atomic E-state index is 11.8. The second kappa shape index (κ2) is 5.40. The Morgan fingerprint density at radius 1 is 1.17 bits per heavy atom. The molecule has 4 nitrogen and oxygen atoms in total. The molecule has 1 heterocycles. The van der Waals surface area contributed by atoms with Crippen LogP contribution < -0.4 is 5.32 Å². The SMILES string of the molecule is Cc1ccc(CNC(=O)c2ccnc(C)n2)cc1. The third-order valence-electron chi connectivity index (χ3n) is 2.58. The van der Waals surface area contributed by atoms with Crippen molar-refractivity contribution in [1.82, 2.24) is 15.3 Å². The van der Waals surface area contributed by atoms with Crippen LogP contribution in [-0.4, -0.2) is 15.9 Å². The zero-order valence-electron chi connectivity index (χ0n) is 10.5. The maximum Gasteiger partial charge on any atom is 0.270 e. The van der Waals surface area contributed by atoms with Crippen molar-refractivity contribution in [3.05, 3.63) is 59.2 Å². The summed E-state index contributed by atoms with van der Waals surface area (Å²) < 4.78 is 0. The maximum atomic E-state index is 11.8. The van der Waals surface area contributed by atoms with Gasteiger partial charge in [-0.15, -0.1) is 0 Å². The molecule has 4 heteroatoms. The summed E-state index contributed by atoms with van der Waals surface area (Å²) in [4.78, 5) is 19.9. The van der Waals surface area contributed by atoms with E-state index in [-0.39, 0.29) is 5.91 Å². The summed E-state index contributed by atoms with van der Waals surface area (Å²) in [6.45, 7) is 4.30. The topological polar surface area (TPSA) is 54.9 Å². The van der Waals surface area contributed by atoms with Crippen LogP contribution in [0, 0.1) is 13.8 Å². The summed E-state index contributed by atoms with van der Waals surface area (Å²) in [5.41, 5.74) is 2.67. The molecule has 0 saturated carbocycles. The van der Waals surface area contributed by atoms with Crippen molar-refractivity contribution >= 4 is 5.91 Å². The molecule has 0 aliphatic heterocycles. The van der Waals surface area contributed by atoms with Crippen LogP contribution in [0.2, 0.25) is 0 Å². The van der Waals surface area contributed by atoms with E-state index in [1.54, 1.807) is 19.2 Å². The number of nitrogens with one attached hydrogen (secondary N) is 1. The predicted molar refractivity (Wildman–Crippen MR) is 69.1 cm³/mol. The smallest absolute Gasteiger partial charge is 0.270 e. The highest BCUT2D eigenvalue weighted by Gasteiger charge is 2.06. The molecule has 1 N–H and O–H groups in total. The first-order valence-electron chi connectivity index (χ1n) is 5.78. The van der Waals surface area contributed by atoms with Crippen LogP contribution in [0.3, 0.4) is 0 Å². The van der Waals surface area contributed by atoms with Crippen molar-refractivity contribution in [2.45, 2.75) is 20.4 Å². The number of hydrogen-bond donors (Lipinski definition) is 1. The number of rotatable bonds is 3. The summed E-state index contributed by atoms with van der Waals surface area (Å²) in [5.74, 6) is 0.416. The summed E-state index contributed by atoms with van der Waals surface area (Å²) in [6.07, 6.45) is 1.59. The van der Waals surface area contributed by atoms with Gasteiger partial charge in [0, 0.05) is 12.7 Å². The highest BCUT2D eigenvalue weighted by atomic mass is 16.1. The minimum atomic E-state index is -0.180. The fourth-order valence-corrected chi connectivity index (χ4v) is 1.56.